The maximum atomic E-state index is 11.6. The van der Waals surface area contributed by atoms with Crippen LogP contribution in [-0.4, -0.2) is 30.8 Å². The average Bonchev–Trinajstić information content (AvgIpc) is 2.57. The monoisotopic (exact) mass is 314 g/mol. The third-order valence-electron chi connectivity index (χ3n) is 4.04. The second-order valence-corrected chi connectivity index (χ2v) is 5.64. The van der Waals surface area contributed by atoms with Gasteiger partial charge in [0.25, 0.3) is 0 Å². The molecule has 0 amide bonds. The summed E-state index contributed by atoms with van der Waals surface area (Å²) in [5.74, 6) is 1.79. The van der Waals surface area contributed by atoms with E-state index in [2.05, 4.69) is 10.3 Å². The van der Waals surface area contributed by atoms with Crippen molar-refractivity contribution in [1.29, 1.82) is 0 Å². The van der Waals surface area contributed by atoms with Crippen LogP contribution in [0.4, 0.5) is 0 Å². The van der Waals surface area contributed by atoms with Gasteiger partial charge in [-0.05, 0) is 44.2 Å². The molecule has 0 aliphatic carbocycles. The Hall–Kier alpha value is -2.27. The molecular weight excluding hydrogens is 292 g/mol. The minimum atomic E-state index is 0.0177. The number of benzene rings is 1. The van der Waals surface area contributed by atoms with Crippen molar-refractivity contribution in [3.05, 3.63) is 58.5 Å². The van der Waals surface area contributed by atoms with Crippen molar-refractivity contribution >= 4 is 0 Å². The van der Waals surface area contributed by atoms with Gasteiger partial charge >= 0.3 is 0 Å². The van der Waals surface area contributed by atoms with Crippen molar-refractivity contribution in [2.75, 3.05) is 19.7 Å². The van der Waals surface area contributed by atoms with E-state index in [0.29, 0.717) is 6.61 Å². The SMILES string of the molecule is CCOc1ccc(OC2CCNCC2c2cc(=O)cc[nH]2)cc1. The molecular formula is C18H22N2O3. The van der Waals surface area contributed by atoms with E-state index in [1.165, 1.54) is 6.07 Å². The molecule has 2 aromatic rings. The lowest BCUT2D eigenvalue weighted by atomic mass is 9.92. The number of hydrogen-bond donors (Lipinski definition) is 2. The molecule has 0 radical (unpaired) electrons. The second kappa shape index (κ2) is 7.33. The Morgan fingerprint density at radius 2 is 1.96 bits per heavy atom. The summed E-state index contributed by atoms with van der Waals surface area (Å²) in [5, 5.41) is 3.37. The van der Waals surface area contributed by atoms with E-state index in [9.17, 15) is 4.79 Å². The van der Waals surface area contributed by atoms with E-state index >= 15 is 0 Å². The van der Waals surface area contributed by atoms with E-state index in [0.717, 1.165) is 36.7 Å². The first-order chi connectivity index (χ1) is 11.3. The maximum Gasteiger partial charge on any atom is 0.181 e. The number of aromatic nitrogens is 1. The quantitative estimate of drug-likeness (QED) is 0.889. The van der Waals surface area contributed by atoms with Gasteiger partial charge in [-0.25, -0.2) is 0 Å². The molecule has 1 aliphatic rings. The normalized spacial score (nSPS) is 20.9. The smallest absolute Gasteiger partial charge is 0.181 e. The lowest BCUT2D eigenvalue weighted by molar-refractivity contribution is 0.136. The molecule has 1 aliphatic heterocycles. The van der Waals surface area contributed by atoms with E-state index in [1.54, 1.807) is 12.3 Å². The Morgan fingerprint density at radius 1 is 1.17 bits per heavy atom. The highest BCUT2D eigenvalue weighted by Gasteiger charge is 2.28. The highest BCUT2D eigenvalue weighted by molar-refractivity contribution is 5.31. The summed E-state index contributed by atoms with van der Waals surface area (Å²) in [4.78, 5) is 14.8. The first kappa shape index (κ1) is 15.6. The van der Waals surface area contributed by atoms with Gasteiger partial charge in [0.2, 0.25) is 0 Å². The summed E-state index contributed by atoms with van der Waals surface area (Å²) in [7, 11) is 0. The molecule has 1 fully saturated rings. The van der Waals surface area contributed by atoms with Gasteiger partial charge in [0, 0.05) is 36.5 Å². The van der Waals surface area contributed by atoms with Crippen molar-refractivity contribution < 1.29 is 9.47 Å². The minimum Gasteiger partial charge on any atom is -0.494 e. The Labute approximate surface area is 135 Å². The first-order valence-corrected chi connectivity index (χ1v) is 8.05. The molecule has 1 aromatic heterocycles. The highest BCUT2D eigenvalue weighted by atomic mass is 16.5. The van der Waals surface area contributed by atoms with Crippen molar-refractivity contribution in [3.8, 4) is 11.5 Å². The van der Waals surface area contributed by atoms with Crippen LogP contribution in [0.3, 0.4) is 0 Å². The summed E-state index contributed by atoms with van der Waals surface area (Å²) >= 11 is 0. The van der Waals surface area contributed by atoms with Crippen molar-refractivity contribution in [2.45, 2.75) is 25.4 Å². The molecule has 122 valence electrons. The van der Waals surface area contributed by atoms with Crippen LogP contribution in [0.1, 0.15) is 25.0 Å². The van der Waals surface area contributed by atoms with Gasteiger partial charge in [-0.2, -0.15) is 0 Å². The Morgan fingerprint density at radius 3 is 2.70 bits per heavy atom. The number of nitrogens with one attached hydrogen (secondary N) is 2. The number of H-pyrrole nitrogens is 1. The van der Waals surface area contributed by atoms with Gasteiger partial charge in [-0.15, -0.1) is 0 Å². The van der Waals surface area contributed by atoms with Crippen LogP contribution >= 0.6 is 0 Å². The molecule has 5 nitrogen and oxygen atoms in total. The highest BCUT2D eigenvalue weighted by Crippen LogP contribution is 2.27. The number of pyridine rings is 1. The topological polar surface area (TPSA) is 63.4 Å². The third-order valence-corrected chi connectivity index (χ3v) is 4.04. The molecule has 2 atom stereocenters. The molecule has 2 unspecified atom stereocenters. The molecule has 3 rings (SSSR count). The molecule has 2 heterocycles. The van der Waals surface area contributed by atoms with Gasteiger partial charge in [0.1, 0.15) is 17.6 Å². The van der Waals surface area contributed by atoms with Crippen LogP contribution in [0, 0.1) is 0 Å². The Bertz CT molecular complexity index is 681. The van der Waals surface area contributed by atoms with Crippen LogP contribution in [0.2, 0.25) is 0 Å². The first-order valence-electron chi connectivity index (χ1n) is 8.05. The lowest BCUT2D eigenvalue weighted by Gasteiger charge is -2.32. The second-order valence-electron chi connectivity index (χ2n) is 5.64. The fourth-order valence-corrected chi connectivity index (χ4v) is 2.92. The summed E-state index contributed by atoms with van der Waals surface area (Å²) < 4.78 is 11.6. The molecule has 0 spiro atoms. The summed E-state index contributed by atoms with van der Waals surface area (Å²) in [6, 6.07) is 10.9. The predicted molar refractivity (Wildman–Crippen MR) is 89.3 cm³/mol. The van der Waals surface area contributed by atoms with E-state index in [4.69, 9.17) is 9.47 Å². The fourth-order valence-electron chi connectivity index (χ4n) is 2.92. The molecule has 2 N–H and O–H groups in total. The number of rotatable bonds is 5. The van der Waals surface area contributed by atoms with Gasteiger partial charge in [-0.3, -0.25) is 4.79 Å². The number of aromatic amines is 1. The molecule has 0 bridgehead atoms. The van der Waals surface area contributed by atoms with E-state index < -0.39 is 0 Å². The Balaban J connectivity index is 1.75. The van der Waals surface area contributed by atoms with E-state index in [1.807, 2.05) is 31.2 Å². The molecule has 0 saturated carbocycles. The zero-order chi connectivity index (χ0) is 16.1. The van der Waals surface area contributed by atoms with E-state index in [-0.39, 0.29) is 17.5 Å². The summed E-state index contributed by atoms with van der Waals surface area (Å²) in [6.45, 7) is 4.32. The zero-order valence-corrected chi connectivity index (χ0v) is 13.2. The molecule has 1 aromatic carbocycles. The van der Waals surface area contributed by atoms with Crippen molar-refractivity contribution in [2.24, 2.45) is 0 Å². The van der Waals surface area contributed by atoms with Gasteiger partial charge in [0.05, 0.1) is 6.61 Å². The average molecular weight is 314 g/mol. The lowest BCUT2D eigenvalue weighted by Crippen LogP contribution is -2.42. The predicted octanol–water partition coefficient (Wildman–Crippen LogP) is 2.30. The Kier molecular flexibility index (Phi) is 4.98. The van der Waals surface area contributed by atoms with Crippen LogP contribution < -0.4 is 20.2 Å². The molecule has 23 heavy (non-hydrogen) atoms. The number of hydrogen-bond acceptors (Lipinski definition) is 4. The standard InChI is InChI=1S/C18H22N2O3/c1-2-22-14-3-5-15(6-4-14)23-18-8-9-19-12-16(18)17-11-13(21)7-10-20-17/h3-7,10-11,16,18-19H,2,8-9,12H2,1H3,(H,20,21). The number of piperidine rings is 1. The largest absolute Gasteiger partial charge is 0.494 e. The minimum absolute atomic E-state index is 0.0177. The fraction of sp³-hybridized carbons (Fsp3) is 0.389. The van der Waals surface area contributed by atoms with Crippen LogP contribution in [0.15, 0.2) is 47.4 Å². The number of ether oxygens (including phenoxy) is 2. The van der Waals surface area contributed by atoms with Crippen LogP contribution in [-0.2, 0) is 0 Å². The summed E-state index contributed by atoms with van der Waals surface area (Å²) in [5.41, 5.74) is 0.935. The van der Waals surface area contributed by atoms with Gasteiger partial charge < -0.3 is 19.8 Å². The van der Waals surface area contributed by atoms with Crippen LogP contribution in [0.25, 0.3) is 0 Å². The molecule has 5 heteroatoms. The van der Waals surface area contributed by atoms with Crippen molar-refractivity contribution in [1.82, 2.24) is 10.3 Å². The molecule has 1 saturated heterocycles. The maximum absolute atomic E-state index is 11.6. The third kappa shape index (κ3) is 3.93. The van der Waals surface area contributed by atoms with Gasteiger partial charge in [0.15, 0.2) is 5.43 Å². The zero-order valence-electron chi connectivity index (χ0n) is 13.2. The van der Waals surface area contributed by atoms with Crippen LogP contribution in [0.5, 0.6) is 11.5 Å². The van der Waals surface area contributed by atoms with Crippen molar-refractivity contribution in [3.63, 3.8) is 0 Å². The summed E-state index contributed by atoms with van der Waals surface area (Å²) in [6.07, 6.45) is 2.63. The van der Waals surface area contributed by atoms with Gasteiger partial charge in [-0.1, -0.05) is 0 Å².